The Hall–Kier alpha value is -2.70. The van der Waals surface area contributed by atoms with Crippen molar-refractivity contribution in [1.29, 1.82) is 0 Å². The number of hydrogen-bond donors (Lipinski definition) is 2. The van der Waals surface area contributed by atoms with Gasteiger partial charge in [-0.25, -0.2) is 19.3 Å². The van der Waals surface area contributed by atoms with E-state index in [1.54, 1.807) is 18.3 Å². The van der Waals surface area contributed by atoms with Crippen molar-refractivity contribution in [2.45, 2.75) is 13.3 Å². The van der Waals surface area contributed by atoms with Crippen LogP contribution in [-0.2, 0) is 6.42 Å². The number of benzene rings is 1. The number of anilines is 1. The van der Waals surface area contributed by atoms with E-state index >= 15 is 0 Å². The molecule has 22 heavy (non-hydrogen) atoms. The SMILES string of the molecule is COc1ccc2c(NCCc3cnc(C)[nH]3)ncnc2c1F. The van der Waals surface area contributed by atoms with Gasteiger partial charge in [-0.3, -0.25) is 0 Å². The van der Waals surface area contributed by atoms with Crippen molar-refractivity contribution >= 4 is 16.7 Å². The monoisotopic (exact) mass is 301 g/mol. The molecule has 7 heteroatoms. The van der Waals surface area contributed by atoms with Gasteiger partial charge in [0, 0.05) is 30.2 Å². The third kappa shape index (κ3) is 2.69. The summed E-state index contributed by atoms with van der Waals surface area (Å²) in [7, 11) is 1.43. The average Bonchev–Trinajstić information content (AvgIpc) is 2.94. The van der Waals surface area contributed by atoms with Gasteiger partial charge >= 0.3 is 0 Å². The number of methoxy groups -OCH3 is 1. The average molecular weight is 301 g/mol. The lowest BCUT2D eigenvalue weighted by Crippen LogP contribution is -2.07. The van der Waals surface area contributed by atoms with Crippen LogP contribution in [0.3, 0.4) is 0 Å². The third-order valence-corrected chi connectivity index (χ3v) is 3.37. The van der Waals surface area contributed by atoms with Gasteiger partial charge in [-0.1, -0.05) is 0 Å². The number of nitrogens with zero attached hydrogens (tertiary/aromatic N) is 3. The lowest BCUT2D eigenvalue weighted by molar-refractivity contribution is 0.388. The van der Waals surface area contributed by atoms with Gasteiger partial charge in [-0.05, 0) is 19.1 Å². The van der Waals surface area contributed by atoms with E-state index in [1.807, 2.05) is 6.92 Å². The van der Waals surface area contributed by atoms with Crippen LogP contribution in [0.15, 0.2) is 24.7 Å². The standard InChI is InChI=1S/C15H16FN5O/c1-9-18-7-10(21-9)5-6-17-15-11-3-4-12(22-2)13(16)14(11)19-8-20-15/h3-4,7-8H,5-6H2,1-2H3,(H,18,21)(H,17,19,20). The van der Waals surface area contributed by atoms with Crippen molar-refractivity contribution in [3.63, 3.8) is 0 Å². The molecule has 0 amide bonds. The topological polar surface area (TPSA) is 75.7 Å². The summed E-state index contributed by atoms with van der Waals surface area (Å²) < 4.78 is 19.2. The number of imidazole rings is 1. The van der Waals surface area contributed by atoms with Crippen LogP contribution in [0, 0.1) is 12.7 Å². The van der Waals surface area contributed by atoms with Crippen molar-refractivity contribution in [2.24, 2.45) is 0 Å². The molecule has 114 valence electrons. The van der Waals surface area contributed by atoms with Crippen LogP contribution >= 0.6 is 0 Å². The van der Waals surface area contributed by atoms with E-state index in [2.05, 4.69) is 25.3 Å². The van der Waals surface area contributed by atoms with E-state index in [4.69, 9.17) is 4.74 Å². The first-order chi connectivity index (χ1) is 10.7. The number of aromatic nitrogens is 4. The molecular formula is C15H16FN5O. The number of aromatic amines is 1. The van der Waals surface area contributed by atoms with E-state index in [0.29, 0.717) is 17.7 Å². The highest BCUT2D eigenvalue weighted by atomic mass is 19.1. The molecule has 3 aromatic rings. The quantitative estimate of drug-likeness (QED) is 0.757. The molecular weight excluding hydrogens is 285 g/mol. The maximum Gasteiger partial charge on any atom is 0.191 e. The smallest absolute Gasteiger partial charge is 0.191 e. The second kappa shape index (κ2) is 5.97. The van der Waals surface area contributed by atoms with E-state index in [-0.39, 0.29) is 11.3 Å². The minimum atomic E-state index is -0.477. The lowest BCUT2D eigenvalue weighted by atomic mass is 10.2. The number of fused-ring (bicyclic) bond motifs is 1. The van der Waals surface area contributed by atoms with Gasteiger partial charge in [0.05, 0.1) is 7.11 Å². The lowest BCUT2D eigenvalue weighted by Gasteiger charge is -2.09. The van der Waals surface area contributed by atoms with Crippen LogP contribution in [0.1, 0.15) is 11.5 Å². The van der Waals surface area contributed by atoms with Crippen molar-refractivity contribution in [3.05, 3.63) is 42.0 Å². The number of ether oxygens (including phenoxy) is 1. The zero-order valence-corrected chi connectivity index (χ0v) is 12.4. The molecule has 1 aromatic carbocycles. The number of rotatable bonds is 5. The van der Waals surface area contributed by atoms with Crippen molar-refractivity contribution < 1.29 is 9.13 Å². The summed E-state index contributed by atoms with van der Waals surface area (Å²) in [4.78, 5) is 15.5. The second-order valence-corrected chi connectivity index (χ2v) is 4.87. The van der Waals surface area contributed by atoms with Gasteiger partial charge in [-0.2, -0.15) is 0 Å². The zero-order valence-electron chi connectivity index (χ0n) is 12.4. The van der Waals surface area contributed by atoms with Gasteiger partial charge < -0.3 is 15.0 Å². The van der Waals surface area contributed by atoms with Crippen LogP contribution in [0.2, 0.25) is 0 Å². The zero-order chi connectivity index (χ0) is 15.5. The molecule has 0 spiro atoms. The van der Waals surface area contributed by atoms with Crippen LogP contribution in [0.25, 0.3) is 10.9 Å². The summed E-state index contributed by atoms with van der Waals surface area (Å²) in [6, 6.07) is 3.32. The first-order valence-corrected chi connectivity index (χ1v) is 6.90. The summed E-state index contributed by atoms with van der Waals surface area (Å²) >= 11 is 0. The fraction of sp³-hybridized carbons (Fsp3) is 0.267. The minimum absolute atomic E-state index is 0.171. The Balaban J connectivity index is 1.80. The Bertz CT molecular complexity index is 802. The first-order valence-electron chi connectivity index (χ1n) is 6.90. The molecule has 0 unspecified atom stereocenters. The highest BCUT2D eigenvalue weighted by Crippen LogP contribution is 2.27. The molecule has 0 radical (unpaired) electrons. The molecule has 0 aliphatic heterocycles. The number of nitrogens with one attached hydrogen (secondary N) is 2. The second-order valence-electron chi connectivity index (χ2n) is 4.87. The fourth-order valence-electron chi connectivity index (χ4n) is 2.29. The Labute approximate surface area is 126 Å². The Morgan fingerprint density at radius 1 is 1.27 bits per heavy atom. The fourth-order valence-corrected chi connectivity index (χ4v) is 2.29. The largest absolute Gasteiger partial charge is 0.494 e. The predicted molar refractivity (Wildman–Crippen MR) is 81.6 cm³/mol. The van der Waals surface area contributed by atoms with Crippen molar-refractivity contribution in [2.75, 3.05) is 19.0 Å². The third-order valence-electron chi connectivity index (χ3n) is 3.37. The number of hydrogen-bond acceptors (Lipinski definition) is 5. The molecule has 0 saturated carbocycles. The molecule has 2 aromatic heterocycles. The highest BCUT2D eigenvalue weighted by Gasteiger charge is 2.12. The predicted octanol–water partition coefficient (Wildman–Crippen LogP) is 2.46. The Kier molecular flexibility index (Phi) is 3.86. The van der Waals surface area contributed by atoms with Crippen LogP contribution in [0.5, 0.6) is 5.75 Å². The number of halogens is 1. The van der Waals surface area contributed by atoms with Gasteiger partial charge in [-0.15, -0.1) is 0 Å². The van der Waals surface area contributed by atoms with Gasteiger partial charge in [0.25, 0.3) is 0 Å². The van der Waals surface area contributed by atoms with Crippen LogP contribution in [-0.4, -0.2) is 33.6 Å². The summed E-state index contributed by atoms with van der Waals surface area (Å²) in [6.45, 7) is 2.56. The molecule has 0 aliphatic carbocycles. The van der Waals surface area contributed by atoms with Crippen LogP contribution in [0.4, 0.5) is 10.2 Å². The van der Waals surface area contributed by atoms with Gasteiger partial charge in [0.1, 0.15) is 23.5 Å². The summed E-state index contributed by atoms with van der Waals surface area (Å²) in [5.74, 6) is 1.18. The molecule has 0 aliphatic rings. The molecule has 6 nitrogen and oxygen atoms in total. The van der Waals surface area contributed by atoms with Crippen molar-refractivity contribution in [3.8, 4) is 5.75 Å². The van der Waals surface area contributed by atoms with Gasteiger partial charge in [0.15, 0.2) is 11.6 Å². The summed E-state index contributed by atoms with van der Waals surface area (Å²) in [5.41, 5.74) is 1.28. The number of aryl methyl sites for hydroxylation is 1. The molecule has 2 N–H and O–H groups in total. The van der Waals surface area contributed by atoms with Crippen LogP contribution < -0.4 is 10.1 Å². The summed E-state index contributed by atoms with van der Waals surface area (Å²) in [5, 5.41) is 3.83. The molecule has 3 rings (SSSR count). The molecule has 2 heterocycles. The minimum Gasteiger partial charge on any atom is -0.494 e. The molecule has 0 atom stereocenters. The van der Waals surface area contributed by atoms with E-state index in [1.165, 1.54) is 13.4 Å². The number of H-pyrrole nitrogens is 1. The van der Waals surface area contributed by atoms with E-state index in [9.17, 15) is 4.39 Å². The maximum absolute atomic E-state index is 14.2. The van der Waals surface area contributed by atoms with Crippen molar-refractivity contribution in [1.82, 2.24) is 19.9 Å². The molecule has 0 bridgehead atoms. The van der Waals surface area contributed by atoms with Gasteiger partial charge in [0.2, 0.25) is 0 Å². The first kappa shape index (κ1) is 14.2. The highest BCUT2D eigenvalue weighted by molar-refractivity contribution is 5.90. The molecule has 0 saturated heterocycles. The Morgan fingerprint density at radius 2 is 2.14 bits per heavy atom. The summed E-state index contributed by atoms with van der Waals surface area (Å²) in [6.07, 6.45) is 3.91. The normalized spacial score (nSPS) is 10.9. The maximum atomic E-state index is 14.2. The molecule has 0 fully saturated rings. The van der Waals surface area contributed by atoms with E-state index < -0.39 is 5.82 Å². The van der Waals surface area contributed by atoms with E-state index in [0.717, 1.165) is 17.9 Å². The Morgan fingerprint density at radius 3 is 2.86 bits per heavy atom.